The van der Waals surface area contributed by atoms with Crippen molar-refractivity contribution in [1.29, 1.82) is 0 Å². The molecule has 2 heterocycles. The van der Waals surface area contributed by atoms with Crippen molar-refractivity contribution >= 4 is 32.6 Å². The highest BCUT2D eigenvalue weighted by Gasteiger charge is 2.38. The first-order valence-corrected chi connectivity index (χ1v) is 7.06. The van der Waals surface area contributed by atoms with E-state index in [1.54, 1.807) is 0 Å². The summed E-state index contributed by atoms with van der Waals surface area (Å²) in [6, 6.07) is 0.198. The second-order valence-electron chi connectivity index (χ2n) is 4.08. The van der Waals surface area contributed by atoms with Crippen molar-refractivity contribution in [2.45, 2.75) is 25.6 Å². The summed E-state index contributed by atoms with van der Waals surface area (Å²) in [5.74, 6) is -0.585. The molecule has 0 spiro atoms. The molecule has 3 nitrogen and oxygen atoms in total. The molecule has 0 amide bonds. The summed E-state index contributed by atoms with van der Waals surface area (Å²) in [4.78, 5) is 5.49. The van der Waals surface area contributed by atoms with E-state index in [1.165, 1.54) is 0 Å². The summed E-state index contributed by atoms with van der Waals surface area (Å²) in [6.45, 7) is 2.83. The van der Waals surface area contributed by atoms with Gasteiger partial charge in [0.25, 0.3) is 0 Å². The average molecular weight is 330 g/mol. The normalized spacial score (nSPS) is 25.6. The summed E-state index contributed by atoms with van der Waals surface area (Å²) >= 11 is 4.21. The van der Waals surface area contributed by atoms with Crippen LogP contribution >= 0.6 is 27.5 Å². The van der Waals surface area contributed by atoms with Gasteiger partial charge >= 0.3 is 6.18 Å². The standard InChI is InChI=1S/C9H11BrF3N3S/c1-5-2-3-16(6(5)4-10)8-14-7(15-17-8)9(11,12)13/h5-6H,2-4H2,1H3. The zero-order valence-electron chi connectivity index (χ0n) is 9.04. The minimum Gasteiger partial charge on any atom is -0.343 e. The maximum atomic E-state index is 12.4. The fourth-order valence-electron chi connectivity index (χ4n) is 1.93. The van der Waals surface area contributed by atoms with Crippen molar-refractivity contribution in [2.75, 3.05) is 16.8 Å². The molecule has 1 fully saturated rings. The SMILES string of the molecule is CC1CCN(c2nc(C(F)(F)F)ns2)C1CBr. The van der Waals surface area contributed by atoms with Crippen LogP contribution in [0.3, 0.4) is 0 Å². The van der Waals surface area contributed by atoms with Crippen LogP contribution < -0.4 is 4.90 Å². The Morgan fingerprint density at radius 3 is 2.76 bits per heavy atom. The second-order valence-corrected chi connectivity index (χ2v) is 5.46. The molecule has 0 bridgehead atoms. The molecule has 0 radical (unpaired) electrons. The lowest BCUT2D eigenvalue weighted by molar-refractivity contribution is -0.144. The van der Waals surface area contributed by atoms with E-state index in [-0.39, 0.29) is 6.04 Å². The van der Waals surface area contributed by atoms with Gasteiger partial charge in [0.2, 0.25) is 11.0 Å². The highest BCUT2D eigenvalue weighted by molar-refractivity contribution is 9.09. The Morgan fingerprint density at radius 2 is 2.24 bits per heavy atom. The third-order valence-electron chi connectivity index (χ3n) is 2.96. The van der Waals surface area contributed by atoms with Gasteiger partial charge in [-0.1, -0.05) is 22.9 Å². The van der Waals surface area contributed by atoms with Gasteiger partial charge in [-0.25, -0.2) is 0 Å². The molecule has 8 heteroatoms. The van der Waals surface area contributed by atoms with E-state index < -0.39 is 12.0 Å². The van der Waals surface area contributed by atoms with Gasteiger partial charge in [0, 0.05) is 29.4 Å². The van der Waals surface area contributed by atoms with Crippen molar-refractivity contribution in [3.05, 3.63) is 5.82 Å². The maximum absolute atomic E-state index is 12.4. The van der Waals surface area contributed by atoms with Gasteiger partial charge in [0.05, 0.1) is 0 Å². The van der Waals surface area contributed by atoms with Crippen LogP contribution in [-0.4, -0.2) is 27.3 Å². The molecule has 1 aliphatic rings. The van der Waals surface area contributed by atoms with E-state index in [9.17, 15) is 13.2 Å². The highest BCUT2D eigenvalue weighted by atomic mass is 79.9. The van der Waals surface area contributed by atoms with Gasteiger partial charge in [-0.05, 0) is 12.3 Å². The first kappa shape index (κ1) is 13.1. The number of aromatic nitrogens is 2. The smallest absolute Gasteiger partial charge is 0.343 e. The molecule has 96 valence electrons. The molecular formula is C9H11BrF3N3S. The Bertz CT molecular complexity index is 395. The van der Waals surface area contributed by atoms with Gasteiger partial charge in [-0.3, -0.25) is 0 Å². The maximum Gasteiger partial charge on any atom is 0.452 e. The number of hydrogen-bond donors (Lipinski definition) is 0. The van der Waals surface area contributed by atoms with E-state index in [1.807, 2.05) is 4.90 Å². The van der Waals surface area contributed by atoms with Crippen LogP contribution in [0.4, 0.5) is 18.3 Å². The molecule has 17 heavy (non-hydrogen) atoms. The summed E-state index contributed by atoms with van der Waals surface area (Å²) in [5.41, 5.74) is 0. The van der Waals surface area contributed by atoms with Gasteiger partial charge in [-0.2, -0.15) is 22.5 Å². The van der Waals surface area contributed by atoms with E-state index in [0.29, 0.717) is 11.0 Å². The van der Waals surface area contributed by atoms with Crippen LogP contribution in [0.15, 0.2) is 0 Å². The first-order valence-electron chi connectivity index (χ1n) is 5.17. The predicted octanol–water partition coefficient (Wildman–Crippen LogP) is 3.17. The van der Waals surface area contributed by atoms with Gasteiger partial charge in [0.1, 0.15) is 0 Å². The van der Waals surface area contributed by atoms with Crippen LogP contribution in [0.2, 0.25) is 0 Å². The van der Waals surface area contributed by atoms with Gasteiger partial charge < -0.3 is 4.90 Å². The Hall–Kier alpha value is -0.370. The Labute approximate surface area is 109 Å². The number of halogens is 4. The van der Waals surface area contributed by atoms with Gasteiger partial charge in [0.15, 0.2) is 0 Å². The van der Waals surface area contributed by atoms with Crippen LogP contribution in [0.5, 0.6) is 0 Å². The minimum atomic E-state index is -4.45. The van der Waals surface area contributed by atoms with Crippen LogP contribution in [-0.2, 0) is 6.18 Å². The summed E-state index contributed by atoms with van der Waals surface area (Å²) in [5, 5.41) is 1.10. The van der Waals surface area contributed by atoms with Crippen molar-refractivity contribution in [3.8, 4) is 0 Å². The van der Waals surface area contributed by atoms with Crippen LogP contribution in [0.1, 0.15) is 19.2 Å². The lowest BCUT2D eigenvalue weighted by Gasteiger charge is -2.23. The monoisotopic (exact) mass is 329 g/mol. The van der Waals surface area contributed by atoms with Crippen molar-refractivity contribution in [2.24, 2.45) is 5.92 Å². The number of rotatable bonds is 2. The first-order chi connectivity index (χ1) is 7.93. The molecule has 0 aromatic carbocycles. The molecule has 2 rings (SSSR count). The van der Waals surface area contributed by atoms with Crippen molar-refractivity contribution in [3.63, 3.8) is 0 Å². The number of alkyl halides is 4. The lowest BCUT2D eigenvalue weighted by atomic mass is 10.1. The summed E-state index contributed by atoms with van der Waals surface area (Å²) < 4.78 is 40.6. The van der Waals surface area contributed by atoms with Gasteiger partial charge in [-0.15, -0.1) is 0 Å². The molecule has 0 saturated carbocycles. The Morgan fingerprint density at radius 1 is 1.53 bits per heavy atom. The number of hydrogen-bond acceptors (Lipinski definition) is 4. The fourth-order valence-corrected chi connectivity index (χ4v) is 3.69. The van der Waals surface area contributed by atoms with E-state index in [4.69, 9.17) is 0 Å². The van der Waals surface area contributed by atoms with Crippen LogP contribution in [0.25, 0.3) is 0 Å². The molecule has 0 N–H and O–H groups in total. The molecule has 2 atom stereocenters. The van der Waals surface area contributed by atoms with E-state index in [0.717, 1.165) is 29.8 Å². The van der Waals surface area contributed by atoms with E-state index >= 15 is 0 Å². The third kappa shape index (κ3) is 2.57. The molecule has 1 aliphatic heterocycles. The lowest BCUT2D eigenvalue weighted by Crippen LogP contribution is -2.33. The average Bonchev–Trinajstić information content (AvgIpc) is 2.82. The minimum absolute atomic E-state index is 0.198. The summed E-state index contributed by atoms with van der Waals surface area (Å²) in [6.07, 6.45) is -3.48. The van der Waals surface area contributed by atoms with Crippen molar-refractivity contribution in [1.82, 2.24) is 9.36 Å². The fraction of sp³-hybridized carbons (Fsp3) is 0.778. The molecule has 2 unspecified atom stereocenters. The molecule has 1 aromatic heterocycles. The highest BCUT2D eigenvalue weighted by Crippen LogP contribution is 2.35. The molecule has 0 aliphatic carbocycles. The predicted molar refractivity (Wildman–Crippen MR) is 63.6 cm³/mol. The molecular weight excluding hydrogens is 319 g/mol. The quantitative estimate of drug-likeness (QED) is 0.780. The van der Waals surface area contributed by atoms with Crippen molar-refractivity contribution < 1.29 is 13.2 Å². The van der Waals surface area contributed by atoms with E-state index in [2.05, 4.69) is 32.2 Å². The second kappa shape index (κ2) is 4.72. The molecule has 1 aromatic rings. The number of anilines is 1. The zero-order valence-corrected chi connectivity index (χ0v) is 11.4. The Balaban J connectivity index is 2.21. The molecule has 1 saturated heterocycles. The largest absolute Gasteiger partial charge is 0.452 e. The zero-order chi connectivity index (χ0) is 12.6. The van der Waals surface area contributed by atoms with Crippen LogP contribution in [0, 0.1) is 5.92 Å². The number of nitrogens with zero attached hydrogens (tertiary/aromatic N) is 3. The topological polar surface area (TPSA) is 29.0 Å². The Kier molecular flexibility index (Phi) is 3.63. The third-order valence-corrected chi connectivity index (χ3v) is 4.37. The summed E-state index contributed by atoms with van der Waals surface area (Å²) in [7, 11) is 0.